The van der Waals surface area contributed by atoms with Crippen molar-refractivity contribution in [1.82, 2.24) is 4.90 Å². The van der Waals surface area contributed by atoms with Crippen molar-refractivity contribution in [2.45, 2.75) is 37.8 Å². The zero-order valence-electron chi connectivity index (χ0n) is 11.3. The monoisotopic (exact) mass is 248 g/mol. The molecule has 3 heteroatoms. The van der Waals surface area contributed by atoms with Crippen molar-refractivity contribution in [2.75, 3.05) is 19.6 Å². The minimum atomic E-state index is -0.606. The van der Waals surface area contributed by atoms with E-state index in [0.29, 0.717) is 12.5 Å². The summed E-state index contributed by atoms with van der Waals surface area (Å²) in [6, 6.07) is 10.6. The molecule has 0 spiro atoms. The van der Waals surface area contributed by atoms with Gasteiger partial charge in [0.1, 0.15) is 0 Å². The molecule has 1 aliphatic rings. The number of benzene rings is 1. The number of hydrogen-bond donors (Lipinski definition) is 2. The molecule has 0 aliphatic carbocycles. The SMILES string of the molecule is CCC(C)(O)CN1CC(N)C(c2ccccc2)C1. The molecule has 0 bridgehead atoms. The second kappa shape index (κ2) is 5.39. The predicted octanol–water partition coefficient (Wildman–Crippen LogP) is 1.57. The summed E-state index contributed by atoms with van der Waals surface area (Å²) < 4.78 is 0. The fourth-order valence-electron chi connectivity index (χ4n) is 2.69. The van der Waals surface area contributed by atoms with E-state index in [-0.39, 0.29) is 6.04 Å². The highest BCUT2D eigenvalue weighted by Gasteiger charge is 2.34. The summed E-state index contributed by atoms with van der Waals surface area (Å²) in [5.74, 6) is 0.388. The van der Waals surface area contributed by atoms with Crippen LogP contribution in [0.5, 0.6) is 0 Å². The topological polar surface area (TPSA) is 49.5 Å². The van der Waals surface area contributed by atoms with Gasteiger partial charge in [0.15, 0.2) is 0 Å². The second-order valence-electron chi connectivity index (χ2n) is 5.73. The van der Waals surface area contributed by atoms with E-state index in [1.165, 1.54) is 5.56 Å². The first kappa shape index (κ1) is 13.5. The fourth-order valence-corrected chi connectivity index (χ4v) is 2.69. The Bertz CT molecular complexity index is 377. The first-order valence-electron chi connectivity index (χ1n) is 6.77. The lowest BCUT2D eigenvalue weighted by atomic mass is 9.95. The van der Waals surface area contributed by atoms with Crippen LogP contribution in [0, 0.1) is 0 Å². The fraction of sp³-hybridized carbons (Fsp3) is 0.600. The van der Waals surface area contributed by atoms with E-state index in [9.17, 15) is 5.11 Å². The van der Waals surface area contributed by atoms with Gasteiger partial charge in [-0.2, -0.15) is 0 Å². The summed E-state index contributed by atoms with van der Waals surface area (Å²) in [6.45, 7) is 6.44. The molecule has 0 amide bonds. The van der Waals surface area contributed by atoms with Gasteiger partial charge < -0.3 is 10.8 Å². The summed E-state index contributed by atoms with van der Waals surface area (Å²) in [7, 11) is 0. The Kier molecular flexibility index (Phi) is 4.05. The van der Waals surface area contributed by atoms with Crippen LogP contribution >= 0.6 is 0 Å². The van der Waals surface area contributed by atoms with Crippen LogP contribution < -0.4 is 5.73 Å². The molecular formula is C15H24N2O. The molecule has 2 rings (SSSR count). The van der Waals surface area contributed by atoms with E-state index in [0.717, 1.165) is 19.5 Å². The minimum Gasteiger partial charge on any atom is -0.389 e. The van der Waals surface area contributed by atoms with E-state index < -0.39 is 5.60 Å². The summed E-state index contributed by atoms with van der Waals surface area (Å²) in [6.07, 6.45) is 0.773. The Morgan fingerprint density at radius 1 is 1.33 bits per heavy atom. The lowest BCUT2D eigenvalue weighted by molar-refractivity contribution is 0.0225. The molecule has 3 unspecified atom stereocenters. The van der Waals surface area contributed by atoms with Crippen molar-refractivity contribution in [1.29, 1.82) is 0 Å². The highest BCUT2D eigenvalue weighted by Crippen LogP contribution is 2.27. The Morgan fingerprint density at radius 3 is 2.61 bits per heavy atom. The van der Waals surface area contributed by atoms with E-state index >= 15 is 0 Å². The van der Waals surface area contributed by atoms with E-state index in [2.05, 4.69) is 29.2 Å². The van der Waals surface area contributed by atoms with Gasteiger partial charge in [-0.1, -0.05) is 37.3 Å². The number of nitrogens with zero attached hydrogens (tertiary/aromatic N) is 1. The number of hydrogen-bond acceptors (Lipinski definition) is 3. The maximum Gasteiger partial charge on any atom is 0.0743 e. The number of nitrogens with two attached hydrogens (primary N) is 1. The lowest BCUT2D eigenvalue weighted by Crippen LogP contribution is -2.40. The standard InChI is InChI=1S/C15H24N2O/c1-3-15(2,18)11-17-9-13(14(16)10-17)12-7-5-4-6-8-12/h4-8,13-14,18H,3,9-11,16H2,1-2H3. The van der Waals surface area contributed by atoms with Gasteiger partial charge in [0.05, 0.1) is 5.60 Å². The van der Waals surface area contributed by atoms with E-state index in [4.69, 9.17) is 5.73 Å². The predicted molar refractivity (Wildman–Crippen MR) is 74.5 cm³/mol. The molecule has 3 N–H and O–H groups in total. The molecule has 1 aliphatic heterocycles. The molecular weight excluding hydrogens is 224 g/mol. The molecule has 1 fully saturated rings. The summed E-state index contributed by atoms with van der Waals surface area (Å²) in [4.78, 5) is 2.28. The van der Waals surface area contributed by atoms with Crippen molar-refractivity contribution in [3.05, 3.63) is 35.9 Å². The molecule has 0 radical (unpaired) electrons. The third-order valence-electron chi connectivity index (χ3n) is 3.99. The van der Waals surface area contributed by atoms with E-state index in [1.54, 1.807) is 0 Å². The summed E-state index contributed by atoms with van der Waals surface area (Å²) in [5, 5.41) is 10.1. The van der Waals surface area contributed by atoms with Gasteiger partial charge in [-0.25, -0.2) is 0 Å². The third-order valence-corrected chi connectivity index (χ3v) is 3.99. The molecule has 1 aromatic carbocycles. The van der Waals surface area contributed by atoms with E-state index in [1.807, 2.05) is 19.9 Å². The Balaban J connectivity index is 2.01. The van der Waals surface area contributed by atoms with Crippen LogP contribution in [0.2, 0.25) is 0 Å². The van der Waals surface area contributed by atoms with Gasteiger partial charge in [-0.3, -0.25) is 4.90 Å². The van der Waals surface area contributed by atoms with Crippen molar-refractivity contribution in [3.8, 4) is 0 Å². The van der Waals surface area contributed by atoms with Crippen molar-refractivity contribution >= 4 is 0 Å². The first-order chi connectivity index (χ1) is 8.52. The van der Waals surface area contributed by atoms with Crippen molar-refractivity contribution in [2.24, 2.45) is 5.73 Å². The smallest absolute Gasteiger partial charge is 0.0743 e. The van der Waals surface area contributed by atoms with Crippen LogP contribution in [0.4, 0.5) is 0 Å². The molecule has 1 aromatic rings. The van der Waals surface area contributed by atoms with Crippen LogP contribution in [0.15, 0.2) is 30.3 Å². The molecule has 3 atom stereocenters. The zero-order chi connectivity index (χ0) is 13.2. The number of aliphatic hydroxyl groups is 1. The van der Waals surface area contributed by atoms with Crippen LogP contribution in [0.1, 0.15) is 31.7 Å². The Labute approximate surface area is 110 Å². The third kappa shape index (κ3) is 3.10. The number of rotatable bonds is 4. The van der Waals surface area contributed by atoms with Gasteiger partial charge in [0.25, 0.3) is 0 Å². The molecule has 100 valence electrons. The Hall–Kier alpha value is -0.900. The molecule has 18 heavy (non-hydrogen) atoms. The highest BCUT2D eigenvalue weighted by atomic mass is 16.3. The maximum atomic E-state index is 10.1. The van der Waals surface area contributed by atoms with Crippen LogP contribution in [0.25, 0.3) is 0 Å². The molecule has 0 saturated carbocycles. The largest absolute Gasteiger partial charge is 0.389 e. The normalized spacial score (nSPS) is 28.2. The zero-order valence-corrected chi connectivity index (χ0v) is 11.3. The minimum absolute atomic E-state index is 0.167. The molecule has 1 heterocycles. The first-order valence-corrected chi connectivity index (χ1v) is 6.77. The van der Waals surface area contributed by atoms with Gasteiger partial charge in [0, 0.05) is 31.6 Å². The average Bonchev–Trinajstić information content (AvgIpc) is 2.70. The van der Waals surface area contributed by atoms with Crippen molar-refractivity contribution < 1.29 is 5.11 Å². The van der Waals surface area contributed by atoms with Crippen molar-refractivity contribution in [3.63, 3.8) is 0 Å². The second-order valence-corrected chi connectivity index (χ2v) is 5.73. The summed E-state index contributed by atoms with van der Waals surface area (Å²) in [5.41, 5.74) is 6.94. The summed E-state index contributed by atoms with van der Waals surface area (Å²) >= 11 is 0. The highest BCUT2D eigenvalue weighted by molar-refractivity contribution is 5.23. The maximum absolute atomic E-state index is 10.1. The quantitative estimate of drug-likeness (QED) is 0.850. The average molecular weight is 248 g/mol. The molecule has 0 aromatic heterocycles. The van der Waals surface area contributed by atoms with Gasteiger partial charge in [0.2, 0.25) is 0 Å². The number of β-amino-alcohol motifs (C(OH)–C–C–N with tert-alkyl or cyclic N) is 1. The lowest BCUT2D eigenvalue weighted by Gasteiger charge is -2.27. The molecule has 3 nitrogen and oxygen atoms in total. The van der Waals surface area contributed by atoms with Crippen LogP contribution in [0.3, 0.4) is 0 Å². The van der Waals surface area contributed by atoms with Crippen LogP contribution in [-0.4, -0.2) is 41.3 Å². The van der Waals surface area contributed by atoms with Gasteiger partial charge >= 0.3 is 0 Å². The van der Waals surface area contributed by atoms with Crippen LogP contribution in [-0.2, 0) is 0 Å². The van der Waals surface area contributed by atoms with Gasteiger partial charge in [-0.05, 0) is 18.9 Å². The molecule has 1 saturated heterocycles. The number of likely N-dealkylation sites (tertiary alicyclic amines) is 1. The Morgan fingerprint density at radius 2 is 2.00 bits per heavy atom. The van der Waals surface area contributed by atoms with Gasteiger partial charge in [-0.15, -0.1) is 0 Å².